The zero-order valence-electron chi connectivity index (χ0n) is 17.8. The molecule has 1 atom stereocenters. The van der Waals surface area contributed by atoms with Crippen molar-refractivity contribution in [2.45, 2.75) is 18.4 Å². The van der Waals surface area contributed by atoms with Crippen LogP contribution in [0.15, 0.2) is 75.7 Å². The maximum atomic E-state index is 12.8. The molecule has 0 saturated carbocycles. The van der Waals surface area contributed by atoms with Gasteiger partial charge >= 0.3 is 12.1 Å². The Morgan fingerprint density at radius 3 is 2.00 bits per heavy atom. The molecule has 0 saturated heterocycles. The molecule has 0 bridgehead atoms. The van der Waals surface area contributed by atoms with Crippen molar-refractivity contribution < 1.29 is 24.2 Å². The number of rotatable bonds is 7. The molecule has 174 valence electrons. The number of nitrogens with one attached hydrogen (secondary N) is 2. The standard InChI is InChI=1S/C25H20Br2N2O5/c26-19-10-5-11-20(27)23(19)29-24(32)21(12-22(30)31)28-25(33)34-13-18-16-8-3-1-6-14(16)15-7-2-4-9-17(15)18/h1-11,18,21H,12-13H2,(H,28,33)(H,29,32)(H,30,31). The van der Waals surface area contributed by atoms with Gasteiger partial charge < -0.3 is 20.5 Å². The quantitative estimate of drug-likeness (QED) is 0.337. The highest BCUT2D eigenvalue weighted by Crippen LogP contribution is 2.44. The number of alkyl carbamates (subject to hydrolysis) is 1. The van der Waals surface area contributed by atoms with E-state index in [0.717, 1.165) is 22.3 Å². The highest BCUT2D eigenvalue weighted by molar-refractivity contribution is 9.11. The molecule has 1 unspecified atom stereocenters. The second kappa shape index (κ2) is 10.4. The number of fused-ring (bicyclic) bond motifs is 3. The Bertz CT molecular complexity index is 1200. The number of hydrogen-bond donors (Lipinski definition) is 3. The predicted octanol–water partition coefficient (Wildman–Crippen LogP) is 5.53. The number of carbonyl (C=O) groups is 3. The van der Waals surface area contributed by atoms with Gasteiger partial charge in [-0.3, -0.25) is 9.59 Å². The van der Waals surface area contributed by atoms with Crippen molar-refractivity contribution in [3.8, 4) is 11.1 Å². The summed E-state index contributed by atoms with van der Waals surface area (Å²) in [7, 11) is 0. The van der Waals surface area contributed by atoms with Gasteiger partial charge in [0, 0.05) is 14.9 Å². The van der Waals surface area contributed by atoms with E-state index in [4.69, 9.17) is 4.74 Å². The van der Waals surface area contributed by atoms with Gasteiger partial charge in [0.25, 0.3) is 0 Å². The number of amides is 2. The average molecular weight is 588 g/mol. The molecule has 0 radical (unpaired) electrons. The van der Waals surface area contributed by atoms with Crippen LogP contribution in [0.1, 0.15) is 23.5 Å². The molecule has 34 heavy (non-hydrogen) atoms. The molecule has 1 aliphatic carbocycles. The first kappa shape index (κ1) is 24.0. The van der Waals surface area contributed by atoms with E-state index in [1.165, 1.54) is 0 Å². The van der Waals surface area contributed by atoms with Crippen molar-refractivity contribution in [3.63, 3.8) is 0 Å². The van der Waals surface area contributed by atoms with E-state index in [9.17, 15) is 19.5 Å². The van der Waals surface area contributed by atoms with Crippen molar-refractivity contribution in [1.82, 2.24) is 5.32 Å². The molecule has 9 heteroatoms. The third-order valence-electron chi connectivity index (χ3n) is 5.54. The molecule has 3 aromatic carbocycles. The molecule has 0 aromatic heterocycles. The minimum atomic E-state index is -1.33. The van der Waals surface area contributed by atoms with Gasteiger partial charge in [0.1, 0.15) is 12.6 Å². The van der Waals surface area contributed by atoms with Crippen LogP contribution in [-0.4, -0.2) is 35.7 Å². The minimum absolute atomic E-state index is 0.0526. The summed E-state index contributed by atoms with van der Waals surface area (Å²) in [6.07, 6.45) is -1.47. The topological polar surface area (TPSA) is 105 Å². The van der Waals surface area contributed by atoms with Gasteiger partial charge in [0.15, 0.2) is 0 Å². The Kier molecular flexibility index (Phi) is 7.33. The number of carboxylic acid groups (broad SMARTS) is 1. The van der Waals surface area contributed by atoms with Gasteiger partial charge in [-0.2, -0.15) is 0 Å². The maximum absolute atomic E-state index is 12.8. The number of para-hydroxylation sites is 1. The summed E-state index contributed by atoms with van der Waals surface area (Å²) in [6.45, 7) is 0.0526. The lowest BCUT2D eigenvalue weighted by Crippen LogP contribution is -2.45. The van der Waals surface area contributed by atoms with E-state index < -0.39 is 30.4 Å². The number of carboxylic acids is 1. The largest absolute Gasteiger partial charge is 0.481 e. The van der Waals surface area contributed by atoms with Gasteiger partial charge in [-0.15, -0.1) is 0 Å². The van der Waals surface area contributed by atoms with Crippen LogP contribution in [0.2, 0.25) is 0 Å². The van der Waals surface area contributed by atoms with Crippen LogP contribution in [0, 0.1) is 0 Å². The van der Waals surface area contributed by atoms with Crippen LogP contribution in [0.4, 0.5) is 10.5 Å². The van der Waals surface area contributed by atoms with E-state index in [1.807, 2.05) is 48.5 Å². The fourth-order valence-electron chi connectivity index (χ4n) is 3.99. The van der Waals surface area contributed by atoms with Gasteiger partial charge in [0.2, 0.25) is 5.91 Å². The summed E-state index contributed by atoms with van der Waals surface area (Å²) in [6, 6.07) is 19.7. The Hall–Kier alpha value is -3.17. The zero-order valence-corrected chi connectivity index (χ0v) is 20.9. The van der Waals surface area contributed by atoms with Crippen LogP contribution in [0.3, 0.4) is 0 Å². The number of carbonyl (C=O) groups excluding carboxylic acids is 2. The van der Waals surface area contributed by atoms with E-state index in [2.05, 4.69) is 42.5 Å². The predicted molar refractivity (Wildman–Crippen MR) is 135 cm³/mol. The highest BCUT2D eigenvalue weighted by atomic mass is 79.9. The fraction of sp³-hybridized carbons (Fsp3) is 0.160. The Morgan fingerprint density at radius 1 is 0.882 bits per heavy atom. The fourth-order valence-corrected chi connectivity index (χ4v) is 5.19. The molecule has 3 aromatic rings. The van der Waals surface area contributed by atoms with Gasteiger partial charge in [-0.05, 0) is 66.2 Å². The van der Waals surface area contributed by atoms with Crippen LogP contribution in [0.25, 0.3) is 11.1 Å². The SMILES string of the molecule is O=C(O)CC(NC(=O)OCC1c2ccccc2-c2ccccc21)C(=O)Nc1c(Br)cccc1Br. The minimum Gasteiger partial charge on any atom is -0.481 e. The van der Waals surface area contributed by atoms with Crippen molar-refractivity contribution in [2.75, 3.05) is 11.9 Å². The summed E-state index contributed by atoms with van der Waals surface area (Å²) >= 11 is 6.68. The number of ether oxygens (including phenoxy) is 1. The van der Waals surface area contributed by atoms with Crippen LogP contribution in [0.5, 0.6) is 0 Å². The normalized spacial score (nSPS) is 12.9. The number of hydrogen-bond acceptors (Lipinski definition) is 4. The van der Waals surface area contributed by atoms with E-state index in [-0.39, 0.29) is 12.5 Å². The smallest absolute Gasteiger partial charge is 0.407 e. The van der Waals surface area contributed by atoms with E-state index in [1.54, 1.807) is 18.2 Å². The van der Waals surface area contributed by atoms with E-state index >= 15 is 0 Å². The summed E-state index contributed by atoms with van der Waals surface area (Å²) < 4.78 is 6.66. The lowest BCUT2D eigenvalue weighted by molar-refractivity contribution is -0.139. The van der Waals surface area contributed by atoms with E-state index in [0.29, 0.717) is 14.6 Å². The first-order valence-electron chi connectivity index (χ1n) is 10.4. The second-order valence-electron chi connectivity index (χ2n) is 7.71. The van der Waals surface area contributed by atoms with Gasteiger partial charge in [-0.1, -0.05) is 54.6 Å². The number of anilines is 1. The van der Waals surface area contributed by atoms with Crippen molar-refractivity contribution in [2.24, 2.45) is 0 Å². The molecule has 0 fully saturated rings. The van der Waals surface area contributed by atoms with Gasteiger partial charge in [-0.25, -0.2) is 4.79 Å². The molecule has 0 heterocycles. The number of aliphatic carboxylic acids is 1. The highest BCUT2D eigenvalue weighted by Gasteiger charge is 2.30. The average Bonchev–Trinajstić information content (AvgIpc) is 3.13. The van der Waals surface area contributed by atoms with Crippen molar-refractivity contribution >= 4 is 55.5 Å². The Morgan fingerprint density at radius 2 is 1.44 bits per heavy atom. The molecule has 4 rings (SSSR count). The van der Waals surface area contributed by atoms with Crippen LogP contribution in [-0.2, 0) is 14.3 Å². The molecular weight excluding hydrogens is 568 g/mol. The van der Waals surface area contributed by atoms with Crippen LogP contribution >= 0.6 is 31.9 Å². The van der Waals surface area contributed by atoms with Gasteiger partial charge in [0.05, 0.1) is 12.1 Å². The lowest BCUT2D eigenvalue weighted by atomic mass is 9.98. The molecule has 3 N–H and O–H groups in total. The molecule has 2 amide bonds. The van der Waals surface area contributed by atoms with Crippen molar-refractivity contribution in [1.29, 1.82) is 0 Å². The monoisotopic (exact) mass is 586 g/mol. The number of halogens is 2. The Balaban J connectivity index is 1.45. The lowest BCUT2D eigenvalue weighted by Gasteiger charge is -2.19. The summed E-state index contributed by atoms with van der Waals surface area (Å²) in [4.78, 5) is 36.7. The molecule has 1 aliphatic rings. The first-order chi connectivity index (χ1) is 16.3. The number of benzene rings is 3. The third-order valence-corrected chi connectivity index (χ3v) is 6.86. The molecule has 7 nitrogen and oxygen atoms in total. The maximum Gasteiger partial charge on any atom is 0.407 e. The van der Waals surface area contributed by atoms with Crippen molar-refractivity contribution in [3.05, 3.63) is 86.8 Å². The molecular formula is C25H20Br2N2O5. The molecule has 0 spiro atoms. The zero-order chi connectivity index (χ0) is 24.2. The summed E-state index contributed by atoms with van der Waals surface area (Å²) in [5.41, 5.74) is 4.71. The third kappa shape index (κ3) is 5.15. The summed E-state index contributed by atoms with van der Waals surface area (Å²) in [5.74, 6) is -2.06. The van der Waals surface area contributed by atoms with Crippen LogP contribution < -0.4 is 10.6 Å². The second-order valence-corrected chi connectivity index (χ2v) is 9.41. The Labute approximate surface area is 212 Å². The molecule has 0 aliphatic heterocycles. The summed E-state index contributed by atoms with van der Waals surface area (Å²) in [5, 5.41) is 14.3. The first-order valence-corrected chi connectivity index (χ1v) is 12.0.